The van der Waals surface area contributed by atoms with Gasteiger partial charge in [0, 0.05) is 13.5 Å². The maximum Gasteiger partial charge on any atom is 0.408 e. The molecule has 6 heteroatoms. The van der Waals surface area contributed by atoms with Gasteiger partial charge in [0.2, 0.25) is 0 Å². The van der Waals surface area contributed by atoms with E-state index < -0.39 is 23.6 Å². The second kappa shape index (κ2) is 7.46. The van der Waals surface area contributed by atoms with E-state index in [2.05, 4.69) is 5.32 Å². The van der Waals surface area contributed by atoms with Crippen LogP contribution in [0.4, 0.5) is 4.79 Å². The van der Waals surface area contributed by atoms with Crippen molar-refractivity contribution in [2.24, 2.45) is 0 Å². The number of nitriles is 1. The zero-order valence-electron chi connectivity index (χ0n) is 13.3. The third-order valence-electron chi connectivity index (χ3n) is 2.75. The van der Waals surface area contributed by atoms with Gasteiger partial charge in [-0.3, -0.25) is 9.69 Å². The Balaban J connectivity index is 2.85. The van der Waals surface area contributed by atoms with Gasteiger partial charge in [-0.05, 0) is 26.3 Å². The molecule has 0 saturated carbocycles. The highest BCUT2D eigenvalue weighted by Crippen LogP contribution is 2.09. The van der Waals surface area contributed by atoms with E-state index in [9.17, 15) is 9.59 Å². The molecule has 2 amide bonds. The van der Waals surface area contributed by atoms with Crippen molar-refractivity contribution < 1.29 is 14.3 Å². The fourth-order valence-corrected chi connectivity index (χ4v) is 1.78. The molecule has 1 N–H and O–H groups in total. The Morgan fingerprint density at radius 1 is 1.32 bits per heavy atom. The molecule has 0 radical (unpaired) electrons. The molecule has 1 aromatic carbocycles. The first-order valence-corrected chi connectivity index (χ1v) is 6.93. The molecule has 0 saturated heterocycles. The monoisotopic (exact) mass is 303 g/mol. The van der Waals surface area contributed by atoms with Gasteiger partial charge in [-0.25, -0.2) is 4.79 Å². The lowest BCUT2D eigenvalue weighted by Crippen LogP contribution is -2.48. The van der Waals surface area contributed by atoms with Crippen LogP contribution in [0.3, 0.4) is 0 Å². The Kier molecular flexibility index (Phi) is 5.93. The Morgan fingerprint density at radius 3 is 2.41 bits per heavy atom. The highest BCUT2D eigenvalue weighted by atomic mass is 16.6. The van der Waals surface area contributed by atoms with Gasteiger partial charge in [0.1, 0.15) is 11.6 Å². The Morgan fingerprint density at radius 2 is 1.91 bits per heavy atom. The van der Waals surface area contributed by atoms with Gasteiger partial charge >= 0.3 is 6.09 Å². The molecule has 22 heavy (non-hydrogen) atoms. The molecule has 1 rings (SSSR count). The van der Waals surface area contributed by atoms with E-state index in [0.29, 0.717) is 0 Å². The molecule has 0 bridgehead atoms. The maximum atomic E-state index is 12.2. The summed E-state index contributed by atoms with van der Waals surface area (Å²) in [6.45, 7) is 5.21. The predicted octanol–water partition coefficient (Wildman–Crippen LogP) is 2.06. The lowest BCUT2D eigenvalue weighted by Gasteiger charge is -2.24. The fraction of sp³-hybridized carbons (Fsp3) is 0.438. The van der Waals surface area contributed by atoms with E-state index >= 15 is 0 Å². The fourth-order valence-electron chi connectivity index (χ4n) is 1.78. The van der Waals surface area contributed by atoms with Crippen LogP contribution < -0.4 is 5.32 Å². The number of benzene rings is 1. The number of ether oxygens (including phenoxy) is 1. The minimum Gasteiger partial charge on any atom is -0.444 e. The summed E-state index contributed by atoms with van der Waals surface area (Å²) < 4.78 is 5.17. The van der Waals surface area contributed by atoms with Gasteiger partial charge in [-0.1, -0.05) is 30.3 Å². The number of nitrogens with one attached hydrogen (secondary N) is 1. The summed E-state index contributed by atoms with van der Waals surface area (Å²) in [6, 6.07) is 8.40. The van der Waals surface area contributed by atoms with E-state index in [1.165, 1.54) is 7.05 Å². The Hall–Kier alpha value is -2.55. The van der Waals surface area contributed by atoms with Crippen molar-refractivity contribution in [3.63, 3.8) is 0 Å². The molecular formula is C16H21N3O3. The second-order valence-corrected chi connectivity index (χ2v) is 5.89. The van der Waals surface area contributed by atoms with E-state index in [-0.39, 0.29) is 6.42 Å². The van der Waals surface area contributed by atoms with Gasteiger partial charge < -0.3 is 10.1 Å². The number of rotatable bonds is 4. The quantitative estimate of drug-likeness (QED) is 0.682. The summed E-state index contributed by atoms with van der Waals surface area (Å²) in [4.78, 5) is 25.0. The predicted molar refractivity (Wildman–Crippen MR) is 81.7 cm³/mol. The molecule has 0 spiro atoms. The molecule has 118 valence electrons. The van der Waals surface area contributed by atoms with Crippen LogP contribution in [0.1, 0.15) is 26.3 Å². The average molecular weight is 303 g/mol. The van der Waals surface area contributed by atoms with E-state index in [1.54, 1.807) is 27.0 Å². The topological polar surface area (TPSA) is 82.4 Å². The van der Waals surface area contributed by atoms with E-state index in [0.717, 1.165) is 10.5 Å². The summed E-state index contributed by atoms with van der Waals surface area (Å²) >= 11 is 0. The number of hydrogen-bond acceptors (Lipinski definition) is 4. The SMILES string of the molecule is CN(C#N)C(=O)C(Cc1ccccc1)NC(=O)OC(C)(C)C. The highest BCUT2D eigenvalue weighted by Gasteiger charge is 2.26. The highest BCUT2D eigenvalue weighted by molar-refractivity contribution is 5.86. The first-order chi connectivity index (χ1) is 10.2. The minimum absolute atomic E-state index is 0.283. The lowest BCUT2D eigenvalue weighted by atomic mass is 10.1. The number of hydrogen-bond donors (Lipinski definition) is 1. The van der Waals surface area contributed by atoms with Crippen molar-refractivity contribution in [2.75, 3.05) is 7.05 Å². The molecule has 0 aliphatic heterocycles. The summed E-state index contributed by atoms with van der Waals surface area (Å²) in [6.07, 6.45) is 1.34. The largest absolute Gasteiger partial charge is 0.444 e. The number of alkyl carbamates (subject to hydrolysis) is 1. The molecule has 0 fully saturated rings. The van der Waals surface area contributed by atoms with Gasteiger partial charge in [0.05, 0.1) is 0 Å². The second-order valence-electron chi connectivity index (χ2n) is 5.89. The lowest BCUT2D eigenvalue weighted by molar-refractivity contribution is -0.129. The number of nitrogens with zero attached hydrogens (tertiary/aromatic N) is 2. The summed E-state index contributed by atoms with van der Waals surface area (Å²) in [7, 11) is 1.36. The third kappa shape index (κ3) is 5.83. The van der Waals surface area contributed by atoms with Crippen molar-refractivity contribution in [1.29, 1.82) is 5.26 Å². The number of likely N-dealkylation sites (N-methyl/N-ethyl adjacent to an activating group) is 1. The summed E-state index contributed by atoms with van der Waals surface area (Å²) in [5, 5.41) is 11.4. The first kappa shape index (κ1) is 17.5. The van der Waals surface area contributed by atoms with Crippen molar-refractivity contribution in [2.45, 2.75) is 38.8 Å². The van der Waals surface area contributed by atoms with Crippen molar-refractivity contribution in [3.8, 4) is 6.19 Å². The molecule has 0 heterocycles. The Bertz CT molecular complexity index is 558. The maximum absolute atomic E-state index is 12.2. The summed E-state index contributed by atoms with van der Waals surface area (Å²) in [5.74, 6) is -0.489. The minimum atomic E-state index is -0.859. The van der Waals surface area contributed by atoms with Crippen LogP contribution in [0.2, 0.25) is 0 Å². The van der Waals surface area contributed by atoms with Gasteiger partial charge in [0.25, 0.3) is 5.91 Å². The molecular weight excluding hydrogens is 282 g/mol. The number of carbonyl (C=O) groups excluding carboxylic acids is 2. The van der Waals surface area contributed by atoms with Crippen LogP contribution in [0.15, 0.2) is 30.3 Å². The molecule has 1 unspecified atom stereocenters. The Labute approximate surface area is 130 Å². The van der Waals surface area contributed by atoms with Crippen LogP contribution in [0.5, 0.6) is 0 Å². The standard InChI is InChI=1S/C16H21N3O3/c1-16(2,3)22-15(21)18-13(14(20)19(4)11-17)10-12-8-6-5-7-9-12/h5-9,13H,10H2,1-4H3,(H,18,21). The van der Waals surface area contributed by atoms with Crippen molar-refractivity contribution >= 4 is 12.0 Å². The smallest absolute Gasteiger partial charge is 0.408 e. The first-order valence-electron chi connectivity index (χ1n) is 6.93. The van der Waals surface area contributed by atoms with Gasteiger partial charge in [0.15, 0.2) is 6.19 Å². The van der Waals surface area contributed by atoms with Gasteiger partial charge in [-0.15, -0.1) is 0 Å². The molecule has 0 aliphatic carbocycles. The van der Waals surface area contributed by atoms with E-state index in [4.69, 9.17) is 10.00 Å². The molecule has 6 nitrogen and oxygen atoms in total. The van der Waals surface area contributed by atoms with Crippen LogP contribution in [-0.4, -0.2) is 35.6 Å². The number of amides is 2. The molecule has 1 aromatic rings. The number of carbonyl (C=O) groups is 2. The molecule has 0 aliphatic rings. The van der Waals surface area contributed by atoms with Crippen LogP contribution in [-0.2, 0) is 16.0 Å². The average Bonchev–Trinajstić information content (AvgIpc) is 2.44. The van der Waals surface area contributed by atoms with Crippen LogP contribution in [0.25, 0.3) is 0 Å². The van der Waals surface area contributed by atoms with Crippen molar-refractivity contribution in [1.82, 2.24) is 10.2 Å². The van der Waals surface area contributed by atoms with Crippen molar-refractivity contribution in [3.05, 3.63) is 35.9 Å². The van der Waals surface area contributed by atoms with Crippen LogP contribution in [0, 0.1) is 11.5 Å². The van der Waals surface area contributed by atoms with Crippen LogP contribution >= 0.6 is 0 Å². The van der Waals surface area contributed by atoms with E-state index in [1.807, 2.05) is 30.3 Å². The van der Waals surface area contributed by atoms with Gasteiger partial charge in [-0.2, -0.15) is 5.26 Å². The molecule has 1 atom stereocenters. The molecule has 0 aromatic heterocycles. The normalized spacial score (nSPS) is 12.0. The zero-order valence-corrected chi connectivity index (χ0v) is 13.3. The third-order valence-corrected chi connectivity index (χ3v) is 2.75. The zero-order chi connectivity index (χ0) is 16.8. The summed E-state index contributed by atoms with van der Waals surface area (Å²) in [5.41, 5.74) is 0.217.